The zero-order valence-corrected chi connectivity index (χ0v) is 10.1. The molecule has 0 radical (unpaired) electrons. The summed E-state index contributed by atoms with van der Waals surface area (Å²) in [6, 6.07) is 4.29. The average Bonchev–Trinajstić information content (AvgIpc) is 2.32. The minimum atomic E-state index is -0.358. The lowest BCUT2D eigenvalue weighted by atomic mass is 9.79. The number of ketones is 1. The van der Waals surface area contributed by atoms with Crippen molar-refractivity contribution < 1.29 is 9.18 Å². The van der Waals surface area contributed by atoms with Crippen molar-refractivity contribution in [2.45, 2.75) is 38.6 Å². The Morgan fingerprint density at radius 1 is 1.35 bits per heavy atom. The number of aryl methyl sites for hydroxylation is 1. The third-order valence-electron chi connectivity index (χ3n) is 3.62. The number of halogens is 1. The molecule has 1 aromatic carbocycles. The highest BCUT2D eigenvalue weighted by molar-refractivity contribution is 5.99. The fourth-order valence-electron chi connectivity index (χ4n) is 2.54. The Kier molecular flexibility index (Phi) is 3.57. The highest BCUT2D eigenvalue weighted by Crippen LogP contribution is 2.27. The molecule has 1 fully saturated rings. The molecule has 92 valence electrons. The van der Waals surface area contributed by atoms with E-state index in [1.807, 2.05) is 6.92 Å². The predicted octanol–water partition coefficient (Wildman–Crippen LogP) is 2.83. The Morgan fingerprint density at radius 2 is 2.06 bits per heavy atom. The number of hydrogen-bond acceptors (Lipinski definition) is 2. The molecule has 1 aliphatic carbocycles. The summed E-state index contributed by atoms with van der Waals surface area (Å²) in [5, 5.41) is 0. The smallest absolute Gasteiger partial charge is 0.167 e. The van der Waals surface area contributed by atoms with Crippen LogP contribution in [0.15, 0.2) is 18.2 Å². The quantitative estimate of drug-likeness (QED) is 0.801. The van der Waals surface area contributed by atoms with Gasteiger partial charge in [-0.05, 0) is 37.5 Å². The maximum absolute atomic E-state index is 13.2. The summed E-state index contributed by atoms with van der Waals surface area (Å²) in [7, 11) is 0. The monoisotopic (exact) mass is 235 g/mol. The van der Waals surface area contributed by atoms with Crippen LogP contribution in [0, 0.1) is 18.7 Å². The van der Waals surface area contributed by atoms with E-state index in [9.17, 15) is 9.18 Å². The van der Waals surface area contributed by atoms with Crippen LogP contribution in [0.4, 0.5) is 4.39 Å². The van der Waals surface area contributed by atoms with E-state index in [4.69, 9.17) is 5.73 Å². The number of carbonyl (C=O) groups excluding carboxylic acids is 1. The van der Waals surface area contributed by atoms with Crippen molar-refractivity contribution in [3.63, 3.8) is 0 Å². The van der Waals surface area contributed by atoms with Gasteiger partial charge >= 0.3 is 0 Å². The van der Waals surface area contributed by atoms with Gasteiger partial charge in [-0.25, -0.2) is 4.39 Å². The van der Waals surface area contributed by atoms with E-state index in [1.165, 1.54) is 12.1 Å². The van der Waals surface area contributed by atoms with E-state index in [2.05, 4.69) is 0 Å². The first-order valence-corrected chi connectivity index (χ1v) is 6.15. The molecule has 3 heteroatoms. The first-order valence-electron chi connectivity index (χ1n) is 6.15. The minimum Gasteiger partial charge on any atom is -0.327 e. The average molecular weight is 235 g/mol. The minimum absolute atomic E-state index is 0.00852. The number of hydrogen-bond donors (Lipinski definition) is 1. The molecule has 0 bridgehead atoms. The lowest BCUT2D eigenvalue weighted by Crippen LogP contribution is -2.38. The van der Waals surface area contributed by atoms with Crippen molar-refractivity contribution in [3.05, 3.63) is 35.1 Å². The zero-order chi connectivity index (χ0) is 12.4. The van der Waals surface area contributed by atoms with Crippen molar-refractivity contribution in [2.75, 3.05) is 0 Å². The summed E-state index contributed by atoms with van der Waals surface area (Å²) in [6.07, 6.45) is 3.85. The molecule has 2 atom stereocenters. The fourth-order valence-corrected chi connectivity index (χ4v) is 2.54. The molecule has 0 aromatic heterocycles. The van der Waals surface area contributed by atoms with Crippen LogP contribution in [0.3, 0.4) is 0 Å². The van der Waals surface area contributed by atoms with E-state index >= 15 is 0 Å². The molecule has 0 aliphatic heterocycles. The molecular weight excluding hydrogens is 217 g/mol. The molecule has 0 heterocycles. The third-order valence-corrected chi connectivity index (χ3v) is 3.62. The van der Waals surface area contributed by atoms with Gasteiger partial charge in [0, 0.05) is 17.5 Å². The van der Waals surface area contributed by atoms with Crippen LogP contribution in [-0.2, 0) is 0 Å². The fraction of sp³-hybridized carbons (Fsp3) is 0.500. The number of rotatable bonds is 2. The van der Waals surface area contributed by atoms with Gasteiger partial charge in [0.1, 0.15) is 5.82 Å². The second-order valence-corrected chi connectivity index (χ2v) is 4.88. The molecule has 2 N–H and O–H groups in total. The van der Waals surface area contributed by atoms with Crippen LogP contribution in [0.2, 0.25) is 0 Å². The standard InChI is InChI=1S/C14H18FNO/c1-9-6-7-10(15)8-12(9)14(17)11-4-2-3-5-13(11)16/h6-8,11,13H,2-5,16H2,1H3. The van der Waals surface area contributed by atoms with Crippen LogP contribution in [0.1, 0.15) is 41.6 Å². The summed E-state index contributed by atoms with van der Waals surface area (Å²) in [4.78, 5) is 12.3. The Labute approximate surface area is 101 Å². The van der Waals surface area contributed by atoms with Crippen LogP contribution < -0.4 is 5.73 Å². The Hall–Kier alpha value is -1.22. The number of benzene rings is 1. The van der Waals surface area contributed by atoms with Crippen molar-refractivity contribution >= 4 is 5.78 Å². The van der Waals surface area contributed by atoms with Gasteiger partial charge < -0.3 is 5.73 Å². The Bertz CT molecular complexity index is 430. The van der Waals surface area contributed by atoms with Crippen LogP contribution in [0.25, 0.3) is 0 Å². The number of carbonyl (C=O) groups is 1. The van der Waals surface area contributed by atoms with Gasteiger partial charge in [0.25, 0.3) is 0 Å². The molecule has 0 amide bonds. The van der Waals surface area contributed by atoms with Gasteiger partial charge in [-0.1, -0.05) is 18.9 Å². The van der Waals surface area contributed by atoms with Crippen molar-refractivity contribution in [2.24, 2.45) is 11.7 Å². The van der Waals surface area contributed by atoms with Gasteiger partial charge in [-0.2, -0.15) is 0 Å². The SMILES string of the molecule is Cc1ccc(F)cc1C(=O)C1CCCCC1N. The normalized spacial score (nSPS) is 24.6. The summed E-state index contributed by atoms with van der Waals surface area (Å²) in [5.74, 6) is -0.484. The molecule has 1 saturated carbocycles. The van der Waals surface area contributed by atoms with Crippen LogP contribution in [0.5, 0.6) is 0 Å². The molecule has 1 aromatic rings. The Morgan fingerprint density at radius 3 is 2.76 bits per heavy atom. The van der Waals surface area contributed by atoms with Crippen molar-refractivity contribution in [1.29, 1.82) is 0 Å². The van der Waals surface area contributed by atoms with Crippen LogP contribution >= 0.6 is 0 Å². The predicted molar refractivity (Wildman–Crippen MR) is 65.4 cm³/mol. The topological polar surface area (TPSA) is 43.1 Å². The maximum Gasteiger partial charge on any atom is 0.167 e. The lowest BCUT2D eigenvalue weighted by molar-refractivity contribution is 0.0870. The second kappa shape index (κ2) is 4.96. The molecule has 0 saturated heterocycles. The van der Waals surface area contributed by atoms with Crippen molar-refractivity contribution in [3.8, 4) is 0 Å². The third kappa shape index (κ3) is 2.55. The van der Waals surface area contributed by atoms with Gasteiger partial charge in [0.05, 0.1) is 0 Å². The highest BCUT2D eigenvalue weighted by atomic mass is 19.1. The largest absolute Gasteiger partial charge is 0.327 e. The summed E-state index contributed by atoms with van der Waals surface area (Å²) >= 11 is 0. The summed E-state index contributed by atoms with van der Waals surface area (Å²) in [5.41, 5.74) is 7.31. The molecule has 1 aliphatic rings. The van der Waals surface area contributed by atoms with Gasteiger partial charge in [-0.15, -0.1) is 0 Å². The van der Waals surface area contributed by atoms with Gasteiger partial charge in [0.15, 0.2) is 5.78 Å². The van der Waals surface area contributed by atoms with Gasteiger partial charge in [0.2, 0.25) is 0 Å². The lowest BCUT2D eigenvalue weighted by Gasteiger charge is -2.27. The summed E-state index contributed by atoms with van der Waals surface area (Å²) in [6.45, 7) is 1.83. The molecule has 0 spiro atoms. The van der Waals surface area contributed by atoms with E-state index in [0.717, 1.165) is 31.2 Å². The molecule has 17 heavy (non-hydrogen) atoms. The number of Topliss-reactive ketones (excluding diaryl/α,β-unsaturated/α-hetero) is 1. The molecule has 2 nitrogen and oxygen atoms in total. The van der Waals surface area contributed by atoms with Gasteiger partial charge in [-0.3, -0.25) is 4.79 Å². The van der Waals surface area contributed by atoms with Crippen LogP contribution in [-0.4, -0.2) is 11.8 Å². The zero-order valence-electron chi connectivity index (χ0n) is 10.1. The van der Waals surface area contributed by atoms with E-state index in [0.29, 0.717) is 5.56 Å². The van der Waals surface area contributed by atoms with E-state index in [1.54, 1.807) is 6.07 Å². The highest BCUT2D eigenvalue weighted by Gasteiger charge is 2.29. The molecular formula is C14H18FNO. The molecule has 2 unspecified atom stereocenters. The number of nitrogens with two attached hydrogens (primary N) is 1. The first kappa shape index (κ1) is 12.2. The Balaban J connectivity index is 2.26. The van der Waals surface area contributed by atoms with E-state index < -0.39 is 0 Å². The summed E-state index contributed by atoms with van der Waals surface area (Å²) < 4.78 is 13.2. The molecule has 2 rings (SSSR count). The van der Waals surface area contributed by atoms with Crippen molar-refractivity contribution in [1.82, 2.24) is 0 Å². The van der Waals surface area contributed by atoms with E-state index in [-0.39, 0.29) is 23.6 Å². The first-order chi connectivity index (χ1) is 8.09. The second-order valence-electron chi connectivity index (χ2n) is 4.88. The maximum atomic E-state index is 13.2.